The van der Waals surface area contributed by atoms with Crippen molar-refractivity contribution in [3.63, 3.8) is 0 Å². The summed E-state index contributed by atoms with van der Waals surface area (Å²) in [6.07, 6.45) is 0. The predicted octanol–water partition coefficient (Wildman–Crippen LogP) is 9.77. The Kier molecular flexibility index (Phi) is 6.41. The van der Waals surface area contributed by atoms with Gasteiger partial charge in [-0.1, -0.05) is 158 Å². The molecule has 0 bridgehead atoms. The minimum Gasteiger partial charge on any atom is -0.309 e. The van der Waals surface area contributed by atoms with Crippen molar-refractivity contribution in [1.82, 2.24) is 9.38 Å². The highest BCUT2D eigenvalue weighted by Crippen LogP contribution is 2.42. The Hall–Kier alpha value is -5.76. The van der Waals surface area contributed by atoms with E-state index in [1.54, 1.807) is 0 Å². The molecule has 0 N–H and O–H groups in total. The molecule has 0 unspecified atom stereocenters. The van der Waals surface area contributed by atoms with Gasteiger partial charge in [-0.3, -0.25) is 4.40 Å². The summed E-state index contributed by atoms with van der Waals surface area (Å²) in [5.74, 6) is 0. The number of imidazole rings is 1. The lowest BCUT2D eigenvalue weighted by Gasteiger charge is -2.20. The molecule has 0 aliphatic heterocycles. The number of para-hydroxylation sites is 1. The fraction of sp³-hybridized carbons (Fsp3) is 0. The summed E-state index contributed by atoms with van der Waals surface area (Å²) in [5.41, 5.74) is 8.70. The van der Waals surface area contributed by atoms with Gasteiger partial charge in [-0.2, -0.15) is 0 Å². The molecule has 0 saturated heterocycles. The van der Waals surface area contributed by atoms with E-state index < -0.39 is 7.14 Å². The van der Waals surface area contributed by atoms with E-state index in [9.17, 15) is 4.57 Å². The Morgan fingerprint density at radius 3 is 1.51 bits per heavy atom. The number of pyridine rings is 1. The molecule has 2 aromatic heterocycles. The van der Waals surface area contributed by atoms with E-state index in [0.29, 0.717) is 0 Å². The van der Waals surface area contributed by atoms with Gasteiger partial charge in [0.1, 0.15) is 5.65 Å². The Bertz CT molecular complexity index is 2580. The minimum absolute atomic E-state index is 0.830. The van der Waals surface area contributed by atoms with Crippen molar-refractivity contribution in [1.29, 1.82) is 0 Å². The summed E-state index contributed by atoms with van der Waals surface area (Å²) >= 11 is 0. The van der Waals surface area contributed by atoms with Crippen molar-refractivity contribution >= 4 is 61.4 Å². The van der Waals surface area contributed by atoms with Crippen LogP contribution < -0.4 is 15.9 Å². The molecule has 7 aromatic carbocycles. The molecule has 0 aliphatic rings. The van der Waals surface area contributed by atoms with Gasteiger partial charge in [-0.25, -0.2) is 4.98 Å². The average Bonchev–Trinajstić information content (AvgIpc) is 3.55. The van der Waals surface area contributed by atoms with Crippen LogP contribution in [0.1, 0.15) is 0 Å². The van der Waals surface area contributed by atoms with Crippen molar-refractivity contribution in [3.05, 3.63) is 176 Å². The molecular formula is C43H29N2OP. The smallest absolute Gasteiger partial charge is 0.171 e. The molecule has 3 nitrogen and oxygen atoms in total. The fourth-order valence-electron chi connectivity index (χ4n) is 6.93. The summed E-state index contributed by atoms with van der Waals surface area (Å²) in [6.45, 7) is 0. The number of hydrogen-bond acceptors (Lipinski definition) is 2. The molecule has 2 heterocycles. The Morgan fingerprint density at radius 1 is 0.404 bits per heavy atom. The molecule has 0 spiro atoms. The minimum atomic E-state index is -3.00. The second-order valence-corrected chi connectivity index (χ2v) is 14.7. The van der Waals surface area contributed by atoms with Gasteiger partial charge < -0.3 is 4.57 Å². The Labute approximate surface area is 272 Å². The normalized spacial score (nSPS) is 11.9. The maximum absolute atomic E-state index is 14.8. The van der Waals surface area contributed by atoms with Gasteiger partial charge in [0.05, 0.1) is 16.6 Å². The Morgan fingerprint density at radius 2 is 0.872 bits per heavy atom. The second kappa shape index (κ2) is 10.9. The predicted molar refractivity (Wildman–Crippen MR) is 198 cm³/mol. The lowest BCUT2D eigenvalue weighted by Crippen LogP contribution is -2.24. The van der Waals surface area contributed by atoms with Crippen LogP contribution in [0, 0.1) is 0 Å². The quantitative estimate of drug-likeness (QED) is 0.142. The summed E-state index contributed by atoms with van der Waals surface area (Å²) < 4.78 is 17.1. The second-order valence-electron chi connectivity index (χ2n) is 11.9. The third kappa shape index (κ3) is 4.43. The highest BCUT2D eigenvalue weighted by molar-refractivity contribution is 7.85. The van der Waals surface area contributed by atoms with Crippen molar-refractivity contribution in [3.8, 4) is 22.3 Å². The summed E-state index contributed by atoms with van der Waals surface area (Å²) in [4.78, 5) is 5.09. The molecule has 0 atom stereocenters. The van der Waals surface area contributed by atoms with Crippen molar-refractivity contribution < 1.29 is 4.57 Å². The van der Waals surface area contributed by atoms with E-state index in [2.05, 4.69) is 108 Å². The zero-order valence-electron chi connectivity index (χ0n) is 25.5. The molecular weight excluding hydrogens is 591 g/mol. The zero-order valence-corrected chi connectivity index (χ0v) is 26.4. The standard InChI is InChI=1S/C43H29N2OP/c46-47(34-11-3-1-4-12-34,35-13-5-2-6-14-35)36-26-23-31(24-27-36)30-19-21-32(22-20-30)33-25-28-40-42(29-33)45-41-18-10-9-16-38(41)37-15-7-8-17-39(37)43(45)44-40/h1-29H. The zero-order chi connectivity index (χ0) is 31.4. The van der Waals surface area contributed by atoms with Crippen LogP contribution in [0.4, 0.5) is 0 Å². The number of hydrogen-bond donors (Lipinski definition) is 0. The lowest BCUT2D eigenvalue weighted by atomic mass is 10.00. The van der Waals surface area contributed by atoms with Gasteiger partial charge in [0.25, 0.3) is 0 Å². The van der Waals surface area contributed by atoms with E-state index in [0.717, 1.165) is 65.8 Å². The third-order valence-electron chi connectivity index (χ3n) is 9.28. The summed E-state index contributed by atoms with van der Waals surface area (Å²) in [6, 6.07) is 60.2. The lowest BCUT2D eigenvalue weighted by molar-refractivity contribution is 0.592. The highest BCUT2D eigenvalue weighted by atomic mass is 31.2. The maximum Gasteiger partial charge on any atom is 0.171 e. The first kappa shape index (κ1) is 27.5. The van der Waals surface area contributed by atoms with Crippen LogP contribution >= 0.6 is 7.14 Å². The number of rotatable bonds is 5. The van der Waals surface area contributed by atoms with Gasteiger partial charge >= 0.3 is 0 Å². The first-order valence-corrected chi connectivity index (χ1v) is 17.5. The third-order valence-corrected chi connectivity index (χ3v) is 12.4. The van der Waals surface area contributed by atoms with E-state index in [1.807, 2.05) is 72.8 Å². The van der Waals surface area contributed by atoms with Crippen LogP contribution in [-0.4, -0.2) is 9.38 Å². The van der Waals surface area contributed by atoms with E-state index >= 15 is 0 Å². The van der Waals surface area contributed by atoms with Crippen molar-refractivity contribution in [2.24, 2.45) is 0 Å². The largest absolute Gasteiger partial charge is 0.309 e. The van der Waals surface area contributed by atoms with Gasteiger partial charge in [0, 0.05) is 26.7 Å². The molecule has 4 heteroatoms. The van der Waals surface area contributed by atoms with E-state index in [-0.39, 0.29) is 0 Å². The van der Waals surface area contributed by atoms with Crippen molar-refractivity contribution in [2.75, 3.05) is 0 Å². The molecule has 0 saturated carbocycles. The molecule has 0 fully saturated rings. The number of aromatic nitrogens is 2. The topological polar surface area (TPSA) is 34.4 Å². The van der Waals surface area contributed by atoms with Crippen LogP contribution in [0.3, 0.4) is 0 Å². The van der Waals surface area contributed by atoms with Crippen LogP contribution in [0.2, 0.25) is 0 Å². The number of nitrogens with zero attached hydrogens (tertiary/aromatic N) is 2. The fourth-order valence-corrected chi connectivity index (χ4v) is 9.58. The molecule has 47 heavy (non-hydrogen) atoms. The van der Waals surface area contributed by atoms with Crippen LogP contribution in [0.5, 0.6) is 0 Å². The first-order valence-electron chi connectivity index (χ1n) is 15.8. The summed E-state index contributed by atoms with van der Waals surface area (Å²) in [7, 11) is -3.00. The van der Waals surface area contributed by atoms with E-state index in [4.69, 9.17) is 4.98 Å². The molecule has 0 aliphatic carbocycles. The van der Waals surface area contributed by atoms with E-state index in [1.165, 1.54) is 10.8 Å². The van der Waals surface area contributed by atoms with Gasteiger partial charge in [0.2, 0.25) is 0 Å². The molecule has 0 amide bonds. The van der Waals surface area contributed by atoms with Gasteiger partial charge in [0.15, 0.2) is 7.14 Å². The Balaban J connectivity index is 1.09. The SMILES string of the molecule is O=P(c1ccccc1)(c1ccccc1)c1ccc(-c2ccc(-c3ccc4nc5c6ccccc6c6ccccc6n5c4c3)cc2)cc1. The molecule has 0 radical (unpaired) electrons. The number of fused-ring (bicyclic) bond motifs is 8. The van der Waals surface area contributed by atoms with Crippen LogP contribution in [0.25, 0.3) is 60.6 Å². The highest BCUT2D eigenvalue weighted by Gasteiger charge is 2.29. The first-order chi connectivity index (χ1) is 23.2. The number of benzene rings is 7. The van der Waals surface area contributed by atoms with Crippen molar-refractivity contribution in [2.45, 2.75) is 0 Å². The maximum atomic E-state index is 14.8. The summed E-state index contributed by atoms with van der Waals surface area (Å²) in [5, 5.41) is 6.11. The van der Waals surface area contributed by atoms with Crippen LogP contribution in [-0.2, 0) is 4.57 Å². The average molecular weight is 621 g/mol. The van der Waals surface area contributed by atoms with Gasteiger partial charge in [-0.05, 0) is 45.8 Å². The molecule has 9 rings (SSSR count). The van der Waals surface area contributed by atoms with Gasteiger partial charge in [-0.15, -0.1) is 0 Å². The van der Waals surface area contributed by atoms with Crippen LogP contribution in [0.15, 0.2) is 176 Å². The molecule has 222 valence electrons. The molecule has 9 aromatic rings. The monoisotopic (exact) mass is 620 g/mol.